The van der Waals surface area contributed by atoms with Crippen molar-refractivity contribution in [1.82, 2.24) is 14.2 Å². The lowest BCUT2D eigenvalue weighted by molar-refractivity contribution is -0.131. The number of likely N-dealkylation sites (tertiary alicyclic amines) is 1. The van der Waals surface area contributed by atoms with Gasteiger partial charge in [-0.1, -0.05) is 23.7 Å². The van der Waals surface area contributed by atoms with E-state index in [4.69, 9.17) is 11.6 Å². The number of rotatable bonds is 4. The van der Waals surface area contributed by atoms with Gasteiger partial charge in [0.15, 0.2) is 0 Å². The monoisotopic (exact) mass is 389 g/mol. The summed E-state index contributed by atoms with van der Waals surface area (Å²) < 4.78 is 15.4. The summed E-state index contributed by atoms with van der Waals surface area (Å²) in [6.07, 6.45) is 2.05. The summed E-state index contributed by atoms with van der Waals surface area (Å²) in [6, 6.07) is 10.3. The third-order valence-electron chi connectivity index (χ3n) is 4.55. The smallest absolute Gasteiger partial charge is 0.227 e. The molecule has 1 amide bonds. The number of amides is 1. The Balaban J connectivity index is 1.25. The van der Waals surface area contributed by atoms with Gasteiger partial charge in [-0.25, -0.2) is 13.7 Å². The third kappa shape index (κ3) is 3.77. The van der Waals surface area contributed by atoms with Gasteiger partial charge >= 0.3 is 0 Å². The fourth-order valence-electron chi connectivity index (χ4n) is 2.95. The fraction of sp³-hybridized carbons (Fsp3) is 0.263. The molecular formula is C19H17ClFN3OS. The van der Waals surface area contributed by atoms with Gasteiger partial charge in [0.1, 0.15) is 10.8 Å². The van der Waals surface area contributed by atoms with Crippen LogP contribution < -0.4 is 0 Å². The van der Waals surface area contributed by atoms with Crippen molar-refractivity contribution in [1.29, 1.82) is 0 Å². The fourth-order valence-corrected chi connectivity index (χ4v) is 4.11. The number of halogens is 2. The molecule has 0 bridgehead atoms. The topological polar surface area (TPSA) is 36.4 Å². The van der Waals surface area contributed by atoms with Gasteiger partial charge in [-0.05, 0) is 52.9 Å². The van der Waals surface area contributed by atoms with Gasteiger partial charge in [0, 0.05) is 32.4 Å². The number of carbonyl (C=O) groups is 1. The van der Waals surface area contributed by atoms with E-state index in [0.29, 0.717) is 13.1 Å². The lowest BCUT2D eigenvalue weighted by Gasteiger charge is -2.41. The molecule has 4 rings (SSSR count). The van der Waals surface area contributed by atoms with Crippen LogP contribution in [-0.4, -0.2) is 46.3 Å². The summed E-state index contributed by atoms with van der Waals surface area (Å²) in [5.74, 6) is -0.409. The molecule has 4 nitrogen and oxygen atoms in total. The molecule has 0 aliphatic carbocycles. The number of aromatic nitrogens is 1. The minimum Gasteiger partial charge on any atom is -0.334 e. The first-order valence-corrected chi connectivity index (χ1v) is 9.49. The maximum absolute atomic E-state index is 13.2. The van der Waals surface area contributed by atoms with Crippen molar-refractivity contribution in [3.05, 3.63) is 70.1 Å². The van der Waals surface area contributed by atoms with Crippen LogP contribution in [0.15, 0.2) is 58.8 Å². The molecule has 2 aliphatic heterocycles. The molecule has 7 heteroatoms. The van der Waals surface area contributed by atoms with E-state index in [0.717, 1.165) is 23.7 Å². The molecule has 2 aromatic rings. The number of nitrogens with zero attached hydrogens (tertiary/aromatic N) is 3. The number of carbonyl (C=O) groups excluding carboxylic acids is 1. The molecule has 2 fully saturated rings. The predicted octanol–water partition coefficient (Wildman–Crippen LogP) is 3.58. The molecule has 0 radical (unpaired) electrons. The van der Waals surface area contributed by atoms with Crippen LogP contribution in [0.5, 0.6) is 0 Å². The average Bonchev–Trinajstić information content (AvgIpc) is 2.55. The van der Waals surface area contributed by atoms with Crippen LogP contribution in [0.4, 0.5) is 4.39 Å². The first kappa shape index (κ1) is 17.5. The van der Waals surface area contributed by atoms with E-state index < -0.39 is 5.82 Å². The first-order chi connectivity index (χ1) is 12.6. The van der Waals surface area contributed by atoms with Gasteiger partial charge in [-0.3, -0.25) is 4.79 Å². The minimum absolute atomic E-state index is 0.0519. The molecule has 1 aromatic carbocycles. The quantitative estimate of drug-likeness (QED) is 0.591. The zero-order valence-electron chi connectivity index (χ0n) is 14.0. The van der Waals surface area contributed by atoms with Gasteiger partial charge in [0.05, 0.1) is 11.4 Å². The Bertz CT molecular complexity index is 858. The van der Waals surface area contributed by atoms with Crippen molar-refractivity contribution in [2.24, 2.45) is 0 Å². The SMILES string of the molecule is O=C(Cc1ccc(F)c(Cl)c1)N1CC(=C2CN(Sc3ccccn3)C2)C1. The summed E-state index contributed by atoms with van der Waals surface area (Å²) in [5, 5.41) is 1.06. The van der Waals surface area contributed by atoms with Crippen LogP contribution in [-0.2, 0) is 11.2 Å². The largest absolute Gasteiger partial charge is 0.334 e. The number of benzene rings is 1. The standard InChI is InChI=1S/C19H17ClFN3OS/c20-16-7-13(4-5-17(16)21)8-19(25)23-9-14(10-23)15-11-24(12-15)26-18-3-1-2-6-22-18/h1-7H,8-12H2. The minimum atomic E-state index is -0.461. The number of hydrogen-bond donors (Lipinski definition) is 0. The van der Waals surface area contributed by atoms with Crippen LogP contribution in [0.25, 0.3) is 0 Å². The highest BCUT2D eigenvalue weighted by molar-refractivity contribution is 7.97. The highest BCUT2D eigenvalue weighted by atomic mass is 35.5. The lowest BCUT2D eigenvalue weighted by Crippen LogP contribution is -2.49. The van der Waals surface area contributed by atoms with Crippen molar-refractivity contribution in [3.63, 3.8) is 0 Å². The van der Waals surface area contributed by atoms with Gasteiger partial charge in [0.25, 0.3) is 0 Å². The summed E-state index contributed by atoms with van der Waals surface area (Å²) in [7, 11) is 0. The van der Waals surface area contributed by atoms with Gasteiger partial charge < -0.3 is 4.90 Å². The van der Waals surface area contributed by atoms with Crippen LogP contribution in [0.2, 0.25) is 5.02 Å². The summed E-state index contributed by atoms with van der Waals surface area (Å²) >= 11 is 7.43. The molecule has 134 valence electrons. The van der Waals surface area contributed by atoms with Crippen LogP contribution in [0.1, 0.15) is 5.56 Å². The number of pyridine rings is 1. The highest BCUT2D eigenvalue weighted by Gasteiger charge is 2.32. The Hall–Kier alpha value is -1.89. The molecule has 2 aliphatic rings. The Morgan fingerprint density at radius 3 is 2.62 bits per heavy atom. The summed E-state index contributed by atoms with van der Waals surface area (Å²) in [5.41, 5.74) is 3.51. The Kier molecular flexibility index (Phi) is 4.98. The zero-order valence-corrected chi connectivity index (χ0v) is 15.6. The van der Waals surface area contributed by atoms with Crippen molar-refractivity contribution in [2.75, 3.05) is 26.2 Å². The van der Waals surface area contributed by atoms with Crippen molar-refractivity contribution >= 4 is 29.5 Å². The van der Waals surface area contributed by atoms with E-state index in [-0.39, 0.29) is 17.4 Å². The maximum Gasteiger partial charge on any atom is 0.227 e. The Morgan fingerprint density at radius 1 is 1.15 bits per heavy atom. The van der Waals surface area contributed by atoms with Crippen molar-refractivity contribution < 1.29 is 9.18 Å². The normalized spacial score (nSPS) is 17.1. The average molecular weight is 390 g/mol. The van der Waals surface area contributed by atoms with Crippen LogP contribution in [0, 0.1) is 5.82 Å². The van der Waals surface area contributed by atoms with Crippen molar-refractivity contribution in [2.45, 2.75) is 11.4 Å². The van der Waals surface area contributed by atoms with Gasteiger partial charge in [-0.2, -0.15) is 0 Å². The van der Waals surface area contributed by atoms with E-state index >= 15 is 0 Å². The van der Waals surface area contributed by atoms with E-state index in [1.165, 1.54) is 23.3 Å². The number of hydrogen-bond acceptors (Lipinski definition) is 4. The molecule has 0 spiro atoms. The first-order valence-electron chi connectivity index (χ1n) is 8.34. The van der Waals surface area contributed by atoms with E-state index in [2.05, 4.69) is 9.29 Å². The second-order valence-corrected chi connectivity index (χ2v) is 7.96. The summed E-state index contributed by atoms with van der Waals surface area (Å²) in [6.45, 7) is 3.24. The van der Waals surface area contributed by atoms with Gasteiger partial charge in [-0.15, -0.1) is 0 Å². The Morgan fingerprint density at radius 2 is 1.92 bits per heavy atom. The molecule has 1 aromatic heterocycles. The third-order valence-corrected chi connectivity index (χ3v) is 5.78. The lowest BCUT2D eigenvalue weighted by atomic mass is 9.96. The predicted molar refractivity (Wildman–Crippen MR) is 100 cm³/mol. The second kappa shape index (κ2) is 7.39. The van der Waals surface area contributed by atoms with Gasteiger partial charge in [0.2, 0.25) is 5.91 Å². The molecule has 0 atom stereocenters. The molecule has 3 heterocycles. The van der Waals surface area contributed by atoms with E-state index in [1.54, 1.807) is 24.2 Å². The molecule has 0 saturated carbocycles. The van der Waals surface area contributed by atoms with Crippen molar-refractivity contribution in [3.8, 4) is 0 Å². The summed E-state index contributed by atoms with van der Waals surface area (Å²) in [4.78, 5) is 18.5. The molecule has 26 heavy (non-hydrogen) atoms. The zero-order chi connectivity index (χ0) is 18.1. The van der Waals surface area contributed by atoms with Crippen LogP contribution in [0.3, 0.4) is 0 Å². The molecule has 0 N–H and O–H groups in total. The Labute approximate surface area is 160 Å². The molecule has 0 unspecified atom stereocenters. The highest BCUT2D eigenvalue weighted by Crippen LogP contribution is 2.33. The molecule has 2 saturated heterocycles. The van der Waals surface area contributed by atoms with E-state index in [1.807, 2.05) is 23.1 Å². The molecular weight excluding hydrogens is 373 g/mol. The second-order valence-electron chi connectivity index (χ2n) is 6.44. The van der Waals surface area contributed by atoms with E-state index in [9.17, 15) is 9.18 Å². The van der Waals surface area contributed by atoms with Crippen LogP contribution >= 0.6 is 23.5 Å². The maximum atomic E-state index is 13.2.